The molecule has 0 saturated heterocycles. The average Bonchev–Trinajstić information content (AvgIpc) is 2.43. The van der Waals surface area contributed by atoms with Gasteiger partial charge in [0.25, 0.3) is 0 Å². The van der Waals surface area contributed by atoms with Gasteiger partial charge in [0.1, 0.15) is 0 Å². The summed E-state index contributed by atoms with van der Waals surface area (Å²) in [4.78, 5) is 2.37. The smallest absolute Gasteiger partial charge is 0.0363 e. The van der Waals surface area contributed by atoms with Gasteiger partial charge in [-0.15, -0.1) is 0 Å². The van der Waals surface area contributed by atoms with Gasteiger partial charge in [-0.05, 0) is 50.2 Å². The molecule has 20 heavy (non-hydrogen) atoms. The molecule has 1 aliphatic rings. The zero-order chi connectivity index (χ0) is 14.5. The van der Waals surface area contributed by atoms with E-state index in [2.05, 4.69) is 50.1 Å². The van der Waals surface area contributed by atoms with E-state index in [4.69, 9.17) is 5.73 Å². The summed E-state index contributed by atoms with van der Waals surface area (Å²) >= 11 is 0. The zero-order valence-corrected chi connectivity index (χ0v) is 13.3. The van der Waals surface area contributed by atoms with Crippen molar-refractivity contribution in [2.75, 3.05) is 18.5 Å². The van der Waals surface area contributed by atoms with Crippen LogP contribution in [0.5, 0.6) is 0 Å². The fraction of sp³-hybridized carbons (Fsp3) is 0.667. The van der Waals surface area contributed by atoms with Crippen LogP contribution in [0.15, 0.2) is 24.3 Å². The summed E-state index contributed by atoms with van der Waals surface area (Å²) in [6.07, 6.45) is 6.53. The summed E-state index contributed by atoms with van der Waals surface area (Å²) in [7, 11) is 2.20. The molecule has 3 unspecified atom stereocenters. The highest BCUT2D eigenvalue weighted by Gasteiger charge is 2.28. The maximum atomic E-state index is 6.36. The second kappa shape index (κ2) is 7.12. The lowest BCUT2D eigenvalue weighted by Gasteiger charge is -2.37. The van der Waals surface area contributed by atoms with Gasteiger partial charge in [-0.1, -0.05) is 37.5 Å². The van der Waals surface area contributed by atoms with Crippen LogP contribution in [-0.4, -0.2) is 19.6 Å². The van der Waals surface area contributed by atoms with E-state index in [0.717, 1.165) is 12.5 Å². The predicted octanol–water partition coefficient (Wildman–Crippen LogP) is 3.97. The van der Waals surface area contributed by atoms with Crippen molar-refractivity contribution >= 4 is 5.69 Å². The minimum atomic E-state index is 0.385. The highest BCUT2D eigenvalue weighted by atomic mass is 15.1. The molecule has 2 N–H and O–H groups in total. The normalized spacial score (nSPS) is 26.5. The second-order valence-electron chi connectivity index (χ2n) is 6.61. The standard InChI is InChI=1S/C18H30N2/c1-4-5-15-8-11-18(19)16(12-15)13-20(3)17-9-6-14(2)7-10-17/h6-7,9-10,15-16,18H,4-5,8,11-13,19H2,1-3H3. The third-order valence-electron chi connectivity index (χ3n) is 4.83. The van der Waals surface area contributed by atoms with Gasteiger partial charge in [0.2, 0.25) is 0 Å². The molecule has 0 bridgehead atoms. The largest absolute Gasteiger partial charge is 0.374 e. The van der Waals surface area contributed by atoms with Crippen molar-refractivity contribution in [3.63, 3.8) is 0 Å². The van der Waals surface area contributed by atoms with Crippen molar-refractivity contribution in [1.82, 2.24) is 0 Å². The van der Waals surface area contributed by atoms with Gasteiger partial charge >= 0.3 is 0 Å². The first-order valence-electron chi connectivity index (χ1n) is 8.13. The molecule has 0 heterocycles. The van der Waals surface area contributed by atoms with Gasteiger partial charge in [0.05, 0.1) is 0 Å². The number of benzene rings is 1. The van der Waals surface area contributed by atoms with E-state index in [1.807, 2.05) is 0 Å². The number of anilines is 1. The number of rotatable bonds is 5. The monoisotopic (exact) mass is 274 g/mol. The number of hydrogen-bond donors (Lipinski definition) is 1. The van der Waals surface area contributed by atoms with Crippen LogP contribution in [0.3, 0.4) is 0 Å². The van der Waals surface area contributed by atoms with E-state index >= 15 is 0 Å². The Balaban J connectivity index is 1.94. The summed E-state index contributed by atoms with van der Waals surface area (Å²) in [5.41, 5.74) is 8.99. The summed E-state index contributed by atoms with van der Waals surface area (Å²) in [6.45, 7) is 5.52. The Morgan fingerprint density at radius 3 is 2.55 bits per heavy atom. The summed E-state index contributed by atoms with van der Waals surface area (Å²) in [5.74, 6) is 1.54. The van der Waals surface area contributed by atoms with Crippen LogP contribution in [-0.2, 0) is 0 Å². The molecule has 2 heteroatoms. The molecule has 0 spiro atoms. The first-order chi connectivity index (χ1) is 9.60. The second-order valence-corrected chi connectivity index (χ2v) is 6.61. The van der Waals surface area contributed by atoms with Crippen molar-refractivity contribution in [1.29, 1.82) is 0 Å². The van der Waals surface area contributed by atoms with Crippen LogP contribution in [0.1, 0.15) is 44.6 Å². The number of hydrogen-bond acceptors (Lipinski definition) is 2. The number of nitrogens with two attached hydrogens (primary N) is 1. The molecule has 2 nitrogen and oxygen atoms in total. The van der Waals surface area contributed by atoms with Gasteiger partial charge in [-0.3, -0.25) is 0 Å². The van der Waals surface area contributed by atoms with Gasteiger partial charge in [0, 0.05) is 25.3 Å². The van der Waals surface area contributed by atoms with E-state index < -0.39 is 0 Å². The Kier molecular flexibility index (Phi) is 5.47. The number of aryl methyl sites for hydroxylation is 1. The average molecular weight is 274 g/mol. The van der Waals surface area contributed by atoms with E-state index in [-0.39, 0.29) is 0 Å². The molecule has 1 aliphatic carbocycles. The van der Waals surface area contributed by atoms with Crippen LogP contribution < -0.4 is 10.6 Å². The predicted molar refractivity (Wildman–Crippen MR) is 88.2 cm³/mol. The van der Waals surface area contributed by atoms with Crippen LogP contribution in [0, 0.1) is 18.8 Å². The fourth-order valence-corrected chi connectivity index (χ4v) is 3.52. The Morgan fingerprint density at radius 2 is 1.90 bits per heavy atom. The van der Waals surface area contributed by atoms with Crippen molar-refractivity contribution in [3.8, 4) is 0 Å². The summed E-state index contributed by atoms with van der Waals surface area (Å²) < 4.78 is 0. The minimum absolute atomic E-state index is 0.385. The first-order valence-corrected chi connectivity index (χ1v) is 8.13. The van der Waals surface area contributed by atoms with E-state index in [1.165, 1.54) is 43.4 Å². The molecule has 0 radical (unpaired) electrons. The van der Waals surface area contributed by atoms with Gasteiger partial charge < -0.3 is 10.6 Å². The molecule has 2 rings (SSSR count). The fourth-order valence-electron chi connectivity index (χ4n) is 3.52. The highest BCUT2D eigenvalue weighted by Crippen LogP contribution is 2.32. The Labute approximate surface area is 124 Å². The SMILES string of the molecule is CCCC1CCC(N)C(CN(C)c2ccc(C)cc2)C1. The topological polar surface area (TPSA) is 29.3 Å². The van der Waals surface area contributed by atoms with Crippen molar-refractivity contribution in [2.24, 2.45) is 17.6 Å². The molecule has 1 aromatic carbocycles. The quantitative estimate of drug-likeness (QED) is 0.880. The van der Waals surface area contributed by atoms with Crippen molar-refractivity contribution in [2.45, 2.75) is 52.0 Å². The van der Waals surface area contributed by atoms with E-state index in [0.29, 0.717) is 12.0 Å². The van der Waals surface area contributed by atoms with Crippen molar-refractivity contribution < 1.29 is 0 Å². The molecular formula is C18H30N2. The molecule has 0 aromatic heterocycles. The highest BCUT2D eigenvalue weighted by molar-refractivity contribution is 5.46. The van der Waals surface area contributed by atoms with Gasteiger partial charge in [-0.2, -0.15) is 0 Å². The molecule has 1 aromatic rings. The zero-order valence-electron chi connectivity index (χ0n) is 13.3. The van der Waals surface area contributed by atoms with E-state index in [1.54, 1.807) is 0 Å². The molecule has 1 saturated carbocycles. The third-order valence-corrected chi connectivity index (χ3v) is 4.83. The third kappa shape index (κ3) is 3.99. The molecule has 3 atom stereocenters. The minimum Gasteiger partial charge on any atom is -0.374 e. The molecule has 112 valence electrons. The Hall–Kier alpha value is -1.02. The maximum Gasteiger partial charge on any atom is 0.0363 e. The van der Waals surface area contributed by atoms with E-state index in [9.17, 15) is 0 Å². The maximum absolute atomic E-state index is 6.36. The number of nitrogens with zero attached hydrogens (tertiary/aromatic N) is 1. The van der Waals surface area contributed by atoms with Crippen LogP contribution >= 0.6 is 0 Å². The lowest BCUT2D eigenvalue weighted by molar-refractivity contribution is 0.226. The first kappa shape index (κ1) is 15.4. The Morgan fingerprint density at radius 1 is 1.20 bits per heavy atom. The van der Waals surface area contributed by atoms with Crippen LogP contribution in [0.2, 0.25) is 0 Å². The van der Waals surface area contributed by atoms with Crippen LogP contribution in [0.4, 0.5) is 5.69 Å². The molecule has 1 fully saturated rings. The summed E-state index contributed by atoms with van der Waals surface area (Å²) in [5, 5.41) is 0. The lowest BCUT2D eigenvalue weighted by atomic mass is 9.76. The summed E-state index contributed by atoms with van der Waals surface area (Å²) in [6, 6.07) is 9.19. The Bertz CT molecular complexity index is 398. The molecule has 0 aliphatic heterocycles. The van der Waals surface area contributed by atoms with Gasteiger partial charge in [0.15, 0.2) is 0 Å². The molecule has 0 amide bonds. The van der Waals surface area contributed by atoms with Gasteiger partial charge in [-0.25, -0.2) is 0 Å². The molecular weight excluding hydrogens is 244 g/mol. The lowest BCUT2D eigenvalue weighted by Crippen LogP contribution is -2.42. The van der Waals surface area contributed by atoms with Crippen molar-refractivity contribution in [3.05, 3.63) is 29.8 Å². The van der Waals surface area contributed by atoms with Crippen LogP contribution in [0.25, 0.3) is 0 Å².